The average molecular weight is 387 g/mol. The van der Waals surface area contributed by atoms with Crippen LogP contribution in [0, 0.1) is 6.92 Å². The van der Waals surface area contributed by atoms with Gasteiger partial charge in [0.05, 0.1) is 40.2 Å². The van der Waals surface area contributed by atoms with Crippen molar-refractivity contribution in [2.45, 2.75) is 25.6 Å². The van der Waals surface area contributed by atoms with Crippen LogP contribution in [-0.4, -0.2) is 41.7 Å². The van der Waals surface area contributed by atoms with Crippen molar-refractivity contribution in [2.75, 3.05) is 11.5 Å². The first-order valence-corrected chi connectivity index (χ1v) is 9.63. The molecule has 0 radical (unpaired) electrons. The number of sulfone groups is 1. The first-order chi connectivity index (χ1) is 12.1. The summed E-state index contributed by atoms with van der Waals surface area (Å²) in [4.78, 5) is 12.4. The topological polar surface area (TPSA) is 81.1 Å². The van der Waals surface area contributed by atoms with Crippen LogP contribution in [0.15, 0.2) is 30.5 Å². The van der Waals surface area contributed by atoms with Crippen LogP contribution >= 0.6 is 0 Å². The number of halogens is 3. The van der Waals surface area contributed by atoms with Gasteiger partial charge in [0.1, 0.15) is 0 Å². The van der Waals surface area contributed by atoms with E-state index in [0.29, 0.717) is 6.42 Å². The monoisotopic (exact) mass is 387 g/mol. The van der Waals surface area contributed by atoms with Crippen molar-refractivity contribution in [3.05, 3.63) is 47.3 Å². The zero-order chi connectivity index (χ0) is 19.1. The number of nitrogens with one attached hydrogen (secondary N) is 1. The molecule has 1 aromatic carbocycles. The zero-order valence-electron chi connectivity index (χ0n) is 13.7. The van der Waals surface area contributed by atoms with Gasteiger partial charge in [0.2, 0.25) is 0 Å². The van der Waals surface area contributed by atoms with E-state index < -0.39 is 33.5 Å². The Kier molecular flexibility index (Phi) is 4.55. The highest BCUT2D eigenvalue weighted by Gasteiger charge is 2.35. The van der Waals surface area contributed by atoms with Crippen molar-refractivity contribution < 1.29 is 26.4 Å². The maximum atomic E-state index is 13.2. The molecule has 2 heterocycles. The number of carbonyl (C=O) groups excluding carboxylic acids is 1. The molecule has 6 nitrogen and oxygen atoms in total. The van der Waals surface area contributed by atoms with Crippen LogP contribution in [0.2, 0.25) is 0 Å². The van der Waals surface area contributed by atoms with E-state index in [2.05, 4.69) is 10.4 Å². The first-order valence-electron chi connectivity index (χ1n) is 7.81. The second kappa shape index (κ2) is 6.42. The van der Waals surface area contributed by atoms with Crippen molar-refractivity contribution in [2.24, 2.45) is 0 Å². The van der Waals surface area contributed by atoms with Gasteiger partial charge < -0.3 is 5.32 Å². The fraction of sp³-hybridized carbons (Fsp3) is 0.375. The predicted octanol–water partition coefficient (Wildman–Crippen LogP) is 2.12. The maximum Gasteiger partial charge on any atom is 0.418 e. The van der Waals surface area contributed by atoms with Gasteiger partial charge in [0, 0.05) is 6.04 Å². The van der Waals surface area contributed by atoms with Crippen LogP contribution in [0.4, 0.5) is 13.2 Å². The SMILES string of the molecule is Cc1c(C(=O)NC2CCS(=O)(=O)C2)cnn1-c1ccccc1C(F)(F)F. The molecule has 26 heavy (non-hydrogen) atoms. The molecule has 0 spiro atoms. The third kappa shape index (κ3) is 3.59. The molecule has 1 aliphatic heterocycles. The lowest BCUT2D eigenvalue weighted by atomic mass is 10.1. The highest BCUT2D eigenvalue weighted by atomic mass is 32.2. The highest BCUT2D eigenvalue weighted by molar-refractivity contribution is 7.91. The number of alkyl halides is 3. The number of benzene rings is 1. The number of rotatable bonds is 3. The lowest BCUT2D eigenvalue weighted by Crippen LogP contribution is -2.35. The van der Waals surface area contributed by atoms with E-state index in [4.69, 9.17) is 0 Å². The molecule has 1 aliphatic rings. The Hall–Kier alpha value is -2.36. The molecule has 1 atom stereocenters. The Bertz CT molecular complexity index is 951. The van der Waals surface area contributed by atoms with Gasteiger partial charge in [-0.1, -0.05) is 12.1 Å². The average Bonchev–Trinajstić information content (AvgIpc) is 3.08. The summed E-state index contributed by atoms with van der Waals surface area (Å²) in [5, 5.41) is 6.53. The predicted molar refractivity (Wildman–Crippen MR) is 87.8 cm³/mol. The largest absolute Gasteiger partial charge is 0.418 e. The van der Waals surface area contributed by atoms with E-state index in [0.717, 1.165) is 10.7 Å². The lowest BCUT2D eigenvalue weighted by molar-refractivity contribution is -0.137. The Morgan fingerprint density at radius 2 is 2.00 bits per heavy atom. The third-order valence-electron chi connectivity index (χ3n) is 4.26. The molecule has 1 amide bonds. The molecule has 10 heteroatoms. The van der Waals surface area contributed by atoms with Crippen molar-refractivity contribution in [1.29, 1.82) is 0 Å². The fourth-order valence-electron chi connectivity index (χ4n) is 2.95. The van der Waals surface area contributed by atoms with Crippen LogP contribution < -0.4 is 5.32 Å². The minimum Gasteiger partial charge on any atom is -0.348 e. The molecule has 1 fully saturated rings. The van der Waals surface area contributed by atoms with Gasteiger partial charge in [0.15, 0.2) is 9.84 Å². The second-order valence-electron chi connectivity index (χ2n) is 6.14. The molecule has 1 unspecified atom stereocenters. The van der Waals surface area contributed by atoms with Gasteiger partial charge in [-0.25, -0.2) is 13.1 Å². The number of hydrogen-bond donors (Lipinski definition) is 1. The molecule has 1 N–H and O–H groups in total. The fourth-order valence-corrected chi connectivity index (χ4v) is 4.62. The number of para-hydroxylation sites is 1. The molecule has 1 saturated heterocycles. The molecule has 1 aromatic heterocycles. The summed E-state index contributed by atoms with van der Waals surface area (Å²) in [5.74, 6) is -0.682. The van der Waals surface area contributed by atoms with Crippen LogP contribution in [-0.2, 0) is 16.0 Å². The van der Waals surface area contributed by atoms with Gasteiger partial charge in [-0.15, -0.1) is 0 Å². The molecule has 2 aromatic rings. The van der Waals surface area contributed by atoms with Gasteiger partial charge in [0.25, 0.3) is 5.91 Å². The molecular formula is C16H16F3N3O3S. The minimum absolute atomic E-state index is 0.00908. The molecule has 140 valence electrons. The van der Waals surface area contributed by atoms with E-state index in [9.17, 15) is 26.4 Å². The maximum absolute atomic E-state index is 13.2. The second-order valence-corrected chi connectivity index (χ2v) is 8.37. The number of hydrogen-bond acceptors (Lipinski definition) is 4. The zero-order valence-corrected chi connectivity index (χ0v) is 14.6. The quantitative estimate of drug-likeness (QED) is 0.875. The van der Waals surface area contributed by atoms with Crippen molar-refractivity contribution in [3.8, 4) is 5.69 Å². The third-order valence-corrected chi connectivity index (χ3v) is 6.03. The Balaban J connectivity index is 1.89. The lowest BCUT2D eigenvalue weighted by Gasteiger charge is -2.14. The summed E-state index contributed by atoms with van der Waals surface area (Å²) in [6.07, 6.45) is -3.06. The number of carbonyl (C=O) groups is 1. The molecule has 0 bridgehead atoms. The van der Waals surface area contributed by atoms with Crippen LogP contribution in [0.3, 0.4) is 0 Å². The Morgan fingerprint density at radius 3 is 2.62 bits per heavy atom. The number of aromatic nitrogens is 2. The summed E-state index contributed by atoms with van der Waals surface area (Å²) in [7, 11) is -3.15. The van der Waals surface area contributed by atoms with E-state index >= 15 is 0 Å². The van der Waals surface area contributed by atoms with Crippen LogP contribution in [0.1, 0.15) is 28.0 Å². The summed E-state index contributed by atoms with van der Waals surface area (Å²) in [5.41, 5.74) is -0.702. The minimum atomic E-state index is -4.56. The van der Waals surface area contributed by atoms with E-state index in [-0.39, 0.29) is 28.5 Å². The highest BCUT2D eigenvalue weighted by Crippen LogP contribution is 2.34. The summed E-state index contributed by atoms with van der Waals surface area (Å²) in [6.45, 7) is 1.49. The van der Waals surface area contributed by atoms with E-state index in [1.54, 1.807) is 0 Å². The van der Waals surface area contributed by atoms with Gasteiger partial charge in [-0.3, -0.25) is 4.79 Å². The normalized spacial score (nSPS) is 19.5. The Morgan fingerprint density at radius 1 is 1.31 bits per heavy atom. The van der Waals surface area contributed by atoms with Gasteiger partial charge in [-0.05, 0) is 25.5 Å². The smallest absolute Gasteiger partial charge is 0.348 e. The molecule has 3 rings (SSSR count). The van der Waals surface area contributed by atoms with Crippen molar-refractivity contribution in [3.63, 3.8) is 0 Å². The van der Waals surface area contributed by atoms with Crippen molar-refractivity contribution in [1.82, 2.24) is 15.1 Å². The van der Waals surface area contributed by atoms with E-state index in [1.165, 1.54) is 31.3 Å². The molecular weight excluding hydrogens is 371 g/mol. The standard InChI is InChI=1S/C16H16F3N3O3S/c1-10-12(15(23)21-11-6-7-26(24,25)9-11)8-20-22(10)14-5-3-2-4-13(14)16(17,18)19/h2-5,8,11H,6-7,9H2,1H3,(H,21,23). The summed E-state index contributed by atoms with van der Waals surface area (Å²) < 4.78 is 63.6. The number of amides is 1. The van der Waals surface area contributed by atoms with Crippen LogP contribution in [0.25, 0.3) is 5.69 Å². The van der Waals surface area contributed by atoms with Gasteiger partial charge >= 0.3 is 6.18 Å². The summed E-state index contributed by atoms with van der Waals surface area (Å²) in [6, 6.07) is 4.44. The van der Waals surface area contributed by atoms with E-state index in [1.807, 2.05) is 0 Å². The first kappa shape index (κ1) is 18.4. The summed E-state index contributed by atoms with van der Waals surface area (Å²) >= 11 is 0. The van der Waals surface area contributed by atoms with Crippen LogP contribution in [0.5, 0.6) is 0 Å². The molecule has 0 aliphatic carbocycles. The van der Waals surface area contributed by atoms with Gasteiger partial charge in [-0.2, -0.15) is 18.3 Å². The molecule has 0 saturated carbocycles. The van der Waals surface area contributed by atoms with Crippen molar-refractivity contribution >= 4 is 15.7 Å². The Labute approximate surface area is 147 Å². The number of nitrogens with zero attached hydrogens (tertiary/aromatic N) is 2.